The molecule has 2 saturated carbocycles. The van der Waals surface area contributed by atoms with Crippen molar-refractivity contribution in [3.05, 3.63) is 12.0 Å². The molecular weight excluding hydrogens is 437 g/mol. The second kappa shape index (κ2) is 9.83. The monoisotopic (exact) mass is 467 g/mol. The van der Waals surface area contributed by atoms with Crippen molar-refractivity contribution in [3.8, 4) is 0 Å². The summed E-state index contributed by atoms with van der Waals surface area (Å²) < 4.78 is 24.0. The lowest BCUT2D eigenvalue weighted by Gasteiger charge is -2.39. The Bertz CT molecular complexity index is 700. The first-order chi connectivity index (χ1) is 13.7. The average molecular weight is 468 g/mol. The Labute approximate surface area is 183 Å². The van der Waals surface area contributed by atoms with Gasteiger partial charge in [-0.2, -0.15) is 0 Å². The minimum atomic E-state index is -3.20. The lowest BCUT2D eigenvalue weighted by molar-refractivity contribution is -0.132. The van der Waals surface area contributed by atoms with Crippen molar-refractivity contribution in [1.29, 1.82) is 0 Å². The molecule has 2 aliphatic carbocycles. The van der Waals surface area contributed by atoms with Crippen LogP contribution in [0.1, 0.15) is 32.1 Å². The summed E-state index contributed by atoms with van der Waals surface area (Å²) in [4.78, 5) is 16.7. The predicted molar refractivity (Wildman–Crippen MR) is 115 cm³/mol. The highest BCUT2D eigenvalue weighted by molar-refractivity contribution is 7.94. The molecule has 0 radical (unpaired) electrons. The van der Waals surface area contributed by atoms with Gasteiger partial charge in [-0.25, -0.2) is 8.42 Å². The molecular formula is C19H31Cl2N3O4S. The Morgan fingerprint density at radius 1 is 1.10 bits per heavy atom. The van der Waals surface area contributed by atoms with Crippen LogP contribution in [0.25, 0.3) is 0 Å². The normalized spacial score (nSPS) is 36.9. The maximum absolute atomic E-state index is 12.6. The van der Waals surface area contributed by atoms with E-state index in [1.54, 1.807) is 0 Å². The van der Waals surface area contributed by atoms with Crippen LogP contribution in [0, 0.1) is 0 Å². The summed E-state index contributed by atoms with van der Waals surface area (Å²) in [5, 5.41) is 13.6. The van der Waals surface area contributed by atoms with Crippen molar-refractivity contribution < 1.29 is 18.3 Å². The van der Waals surface area contributed by atoms with Crippen LogP contribution in [0.2, 0.25) is 0 Å². The molecule has 0 aromatic carbocycles. The van der Waals surface area contributed by atoms with Gasteiger partial charge in [0.25, 0.3) is 0 Å². The summed E-state index contributed by atoms with van der Waals surface area (Å²) in [6.07, 6.45) is 2.55. The van der Waals surface area contributed by atoms with E-state index in [4.69, 9.17) is 23.2 Å². The van der Waals surface area contributed by atoms with Crippen LogP contribution in [0.15, 0.2) is 12.0 Å². The van der Waals surface area contributed by atoms with Gasteiger partial charge in [0.15, 0.2) is 9.84 Å². The van der Waals surface area contributed by atoms with E-state index in [-0.39, 0.29) is 40.5 Å². The molecule has 0 spiro atoms. The van der Waals surface area contributed by atoms with Gasteiger partial charge in [-0.15, -0.1) is 23.2 Å². The second-order valence-electron chi connectivity index (χ2n) is 8.32. The predicted octanol–water partition coefficient (Wildman–Crippen LogP) is 0.938. The number of halogens is 2. The first-order valence-electron chi connectivity index (χ1n) is 10.3. The van der Waals surface area contributed by atoms with Crippen LogP contribution >= 0.6 is 23.2 Å². The van der Waals surface area contributed by atoms with Crippen LogP contribution in [-0.2, 0) is 14.6 Å². The summed E-state index contributed by atoms with van der Waals surface area (Å²) in [6.45, 7) is 6.36. The summed E-state index contributed by atoms with van der Waals surface area (Å²) in [5.41, 5.74) is 0. The molecule has 6 atom stereocenters. The first-order valence-corrected chi connectivity index (χ1v) is 12.8. The van der Waals surface area contributed by atoms with Gasteiger partial charge in [0, 0.05) is 43.7 Å². The van der Waals surface area contributed by atoms with Crippen molar-refractivity contribution in [2.45, 2.75) is 66.3 Å². The molecule has 7 nitrogen and oxygen atoms in total. The number of aliphatic hydroxyl groups excluding tert-OH is 1. The number of alkyl halides is 2. The number of aliphatic hydroxyl groups is 1. The van der Waals surface area contributed by atoms with Gasteiger partial charge in [0.2, 0.25) is 5.91 Å². The zero-order valence-electron chi connectivity index (χ0n) is 16.6. The molecule has 0 bridgehead atoms. The number of nitrogens with zero attached hydrogens (tertiary/aromatic N) is 2. The molecule has 2 N–H and O–H groups in total. The van der Waals surface area contributed by atoms with Gasteiger partial charge in [0.1, 0.15) is 0 Å². The molecule has 0 aromatic heterocycles. The van der Waals surface area contributed by atoms with E-state index in [0.29, 0.717) is 38.8 Å². The van der Waals surface area contributed by atoms with E-state index in [1.165, 1.54) is 0 Å². The third-order valence-corrected chi connectivity index (χ3v) is 9.47. The van der Waals surface area contributed by atoms with E-state index >= 15 is 0 Å². The number of carbonyl (C=O) groups excluding carboxylic acids is 1. The molecule has 29 heavy (non-hydrogen) atoms. The van der Waals surface area contributed by atoms with Gasteiger partial charge < -0.3 is 15.3 Å². The van der Waals surface area contributed by atoms with Crippen molar-refractivity contribution in [3.63, 3.8) is 0 Å². The highest BCUT2D eigenvalue weighted by Gasteiger charge is 2.37. The fourth-order valence-electron chi connectivity index (χ4n) is 4.66. The number of hydrogen-bond donors (Lipinski definition) is 2. The summed E-state index contributed by atoms with van der Waals surface area (Å²) in [6, 6.07) is 0.0339. The molecule has 1 heterocycles. The molecule has 6 unspecified atom stereocenters. The molecule has 0 aromatic rings. The maximum atomic E-state index is 12.6. The van der Waals surface area contributed by atoms with E-state index in [2.05, 4.69) is 16.8 Å². The number of carbonyl (C=O) groups is 1. The fourth-order valence-corrected chi connectivity index (χ4v) is 6.47. The number of amides is 1. The molecule has 166 valence electrons. The van der Waals surface area contributed by atoms with Crippen LogP contribution < -0.4 is 5.32 Å². The van der Waals surface area contributed by atoms with Gasteiger partial charge >= 0.3 is 0 Å². The number of hydrogen-bond acceptors (Lipinski definition) is 6. The summed E-state index contributed by atoms with van der Waals surface area (Å²) >= 11 is 12.3. The van der Waals surface area contributed by atoms with Crippen molar-refractivity contribution in [1.82, 2.24) is 15.1 Å². The Morgan fingerprint density at radius 2 is 1.76 bits per heavy atom. The highest BCUT2D eigenvalue weighted by atomic mass is 35.5. The van der Waals surface area contributed by atoms with E-state index in [9.17, 15) is 18.3 Å². The molecule has 3 aliphatic rings. The number of rotatable bonds is 6. The molecule has 1 saturated heterocycles. The Balaban J connectivity index is 1.41. The van der Waals surface area contributed by atoms with Crippen molar-refractivity contribution >= 4 is 38.9 Å². The third kappa shape index (κ3) is 5.66. The molecule has 1 aliphatic heterocycles. The minimum Gasteiger partial charge on any atom is -0.391 e. The van der Waals surface area contributed by atoms with Gasteiger partial charge in [0.05, 0.1) is 28.7 Å². The van der Waals surface area contributed by atoms with Gasteiger partial charge in [-0.05, 0) is 32.1 Å². The topological polar surface area (TPSA) is 90.0 Å². The second-order valence-corrected chi connectivity index (χ2v) is 11.6. The highest BCUT2D eigenvalue weighted by Crippen LogP contribution is 2.30. The standard InChI is InChI=1S/C19H31Cl2N3O4S/c1-2-29(27,28)14-4-3-13(9-14)23-5-7-24(8-6-23)19(26)12-22-17-10-15(20)16(21)11-18(17)25/h2,13-18,22,25H,1,3-12H2. The summed E-state index contributed by atoms with van der Waals surface area (Å²) in [7, 11) is -3.20. The Morgan fingerprint density at radius 3 is 2.41 bits per heavy atom. The molecule has 1 amide bonds. The quantitative estimate of drug-likeness (QED) is 0.564. The lowest BCUT2D eigenvalue weighted by atomic mass is 9.91. The first kappa shape index (κ1) is 23.3. The average Bonchev–Trinajstić information content (AvgIpc) is 3.21. The molecule has 10 heteroatoms. The SMILES string of the molecule is C=CS(=O)(=O)C1CCC(N2CCN(C(=O)CNC3CC(Cl)C(Cl)CC3O)CC2)C1. The van der Waals surface area contributed by atoms with Crippen LogP contribution in [0.3, 0.4) is 0 Å². The lowest BCUT2D eigenvalue weighted by Crippen LogP contribution is -2.55. The van der Waals surface area contributed by atoms with Crippen LogP contribution in [0.5, 0.6) is 0 Å². The largest absolute Gasteiger partial charge is 0.391 e. The van der Waals surface area contributed by atoms with E-state index < -0.39 is 15.9 Å². The van der Waals surface area contributed by atoms with Gasteiger partial charge in [-0.3, -0.25) is 9.69 Å². The fraction of sp³-hybridized carbons (Fsp3) is 0.842. The van der Waals surface area contributed by atoms with E-state index in [0.717, 1.165) is 24.9 Å². The maximum Gasteiger partial charge on any atom is 0.236 e. The van der Waals surface area contributed by atoms with Crippen molar-refractivity contribution in [2.24, 2.45) is 0 Å². The molecule has 3 rings (SSSR count). The zero-order valence-corrected chi connectivity index (χ0v) is 18.9. The van der Waals surface area contributed by atoms with Crippen LogP contribution in [-0.4, -0.2) is 96.1 Å². The number of nitrogens with one attached hydrogen (secondary N) is 1. The number of sulfone groups is 1. The molecule has 3 fully saturated rings. The van der Waals surface area contributed by atoms with Crippen molar-refractivity contribution in [2.75, 3.05) is 32.7 Å². The zero-order chi connectivity index (χ0) is 21.2. The minimum absolute atomic E-state index is 0.00880. The van der Waals surface area contributed by atoms with Gasteiger partial charge in [-0.1, -0.05) is 6.58 Å². The third-order valence-electron chi connectivity index (χ3n) is 6.56. The summed E-state index contributed by atoms with van der Waals surface area (Å²) in [5.74, 6) is 0.00880. The smallest absolute Gasteiger partial charge is 0.236 e. The van der Waals surface area contributed by atoms with Crippen LogP contribution in [0.4, 0.5) is 0 Å². The Hall–Kier alpha value is -0.380. The van der Waals surface area contributed by atoms with E-state index in [1.807, 2.05) is 4.90 Å². The Kier molecular flexibility index (Phi) is 7.89. The number of piperazine rings is 1.